The number of aryl methyl sites for hydroxylation is 1. The molecule has 0 aliphatic rings. The highest BCUT2D eigenvalue weighted by atomic mass is 16.3. The Morgan fingerprint density at radius 3 is 2.36 bits per heavy atom. The highest BCUT2D eigenvalue weighted by molar-refractivity contribution is 5.07. The Morgan fingerprint density at radius 2 is 2.00 bits per heavy atom. The fourth-order valence-electron chi connectivity index (χ4n) is 0.763. The molecular formula is C8H12N2O. The zero-order valence-corrected chi connectivity index (χ0v) is 6.78. The zero-order valence-electron chi connectivity index (χ0n) is 6.78. The maximum absolute atomic E-state index is 9.11. The molecule has 1 aromatic heterocycles. The van der Waals surface area contributed by atoms with Gasteiger partial charge in [-0.25, -0.2) is 9.97 Å². The van der Waals surface area contributed by atoms with Crippen LogP contribution in [0.1, 0.15) is 31.3 Å². The average Bonchev–Trinajstić information content (AvgIpc) is 2.05. The molecule has 11 heavy (non-hydrogen) atoms. The second-order valence-electron chi connectivity index (χ2n) is 2.46. The van der Waals surface area contributed by atoms with E-state index in [0.29, 0.717) is 0 Å². The van der Waals surface area contributed by atoms with Gasteiger partial charge in [-0.2, -0.15) is 0 Å². The smallest absolute Gasteiger partial charge is 0.127 e. The lowest BCUT2D eigenvalue weighted by Crippen LogP contribution is -1.97. The molecule has 0 spiro atoms. The summed E-state index contributed by atoms with van der Waals surface area (Å²) in [5, 5.41) is 9.11. The van der Waals surface area contributed by atoms with E-state index in [9.17, 15) is 0 Å². The monoisotopic (exact) mass is 152 g/mol. The molecule has 1 N–H and O–H groups in total. The Kier molecular flexibility index (Phi) is 2.54. The summed E-state index contributed by atoms with van der Waals surface area (Å²) in [6.45, 7) is 3.70. The highest BCUT2D eigenvalue weighted by Crippen LogP contribution is 2.07. The van der Waals surface area contributed by atoms with Gasteiger partial charge in [0.25, 0.3) is 0 Å². The van der Waals surface area contributed by atoms with Crippen LogP contribution < -0.4 is 0 Å². The van der Waals surface area contributed by atoms with Gasteiger partial charge in [0, 0.05) is 24.4 Å². The summed E-state index contributed by atoms with van der Waals surface area (Å²) in [5.74, 6) is 0.814. The van der Waals surface area contributed by atoms with E-state index in [4.69, 9.17) is 5.11 Å². The minimum absolute atomic E-state index is 0.471. The van der Waals surface area contributed by atoms with Crippen molar-refractivity contribution in [2.24, 2.45) is 0 Å². The number of aliphatic hydroxyl groups is 1. The number of hydrogen-bond acceptors (Lipinski definition) is 3. The molecule has 0 amide bonds. The minimum Gasteiger partial charge on any atom is -0.389 e. The van der Waals surface area contributed by atoms with Gasteiger partial charge in [0.15, 0.2) is 0 Å². The van der Waals surface area contributed by atoms with Gasteiger partial charge < -0.3 is 5.11 Å². The predicted molar refractivity (Wildman–Crippen MR) is 42.0 cm³/mol. The molecule has 1 rings (SSSR count). The first-order valence-electron chi connectivity index (χ1n) is 3.73. The number of aliphatic hydroxyl groups excluding tert-OH is 1. The Morgan fingerprint density at radius 1 is 1.45 bits per heavy atom. The van der Waals surface area contributed by atoms with E-state index in [-0.39, 0.29) is 0 Å². The van der Waals surface area contributed by atoms with Crippen molar-refractivity contribution in [1.29, 1.82) is 0 Å². The lowest BCUT2D eigenvalue weighted by Gasteiger charge is -2.02. The van der Waals surface area contributed by atoms with E-state index in [1.165, 1.54) is 0 Å². The molecule has 0 aromatic carbocycles. The maximum atomic E-state index is 9.11. The molecule has 1 aromatic rings. The molecule has 1 atom stereocenters. The molecule has 60 valence electrons. The zero-order chi connectivity index (χ0) is 8.27. The Labute approximate surface area is 66.1 Å². The van der Waals surface area contributed by atoms with Gasteiger partial charge in [-0.1, -0.05) is 6.92 Å². The summed E-state index contributed by atoms with van der Waals surface area (Å²) in [6.07, 6.45) is 3.69. The Hall–Kier alpha value is -0.960. The van der Waals surface area contributed by atoms with Crippen molar-refractivity contribution < 1.29 is 5.11 Å². The standard InChI is InChI=1S/C8H12N2O/c1-3-8-9-4-7(5-10-8)6(2)11/h4-6,11H,3H2,1-2H3. The first-order valence-corrected chi connectivity index (χ1v) is 3.73. The molecule has 3 heteroatoms. The van der Waals surface area contributed by atoms with E-state index in [1.807, 2.05) is 6.92 Å². The van der Waals surface area contributed by atoms with Crippen molar-refractivity contribution in [3.05, 3.63) is 23.8 Å². The molecule has 0 fully saturated rings. The van der Waals surface area contributed by atoms with E-state index >= 15 is 0 Å². The van der Waals surface area contributed by atoms with Crippen LogP contribution in [-0.2, 0) is 6.42 Å². The first-order chi connectivity index (χ1) is 5.24. The fourth-order valence-corrected chi connectivity index (χ4v) is 0.763. The number of aromatic nitrogens is 2. The van der Waals surface area contributed by atoms with Crippen molar-refractivity contribution in [2.75, 3.05) is 0 Å². The molecule has 3 nitrogen and oxygen atoms in total. The largest absolute Gasteiger partial charge is 0.389 e. The normalized spacial score (nSPS) is 13.0. The topological polar surface area (TPSA) is 46.0 Å². The van der Waals surface area contributed by atoms with Gasteiger partial charge in [0.05, 0.1) is 6.10 Å². The Balaban J connectivity index is 2.83. The Bertz CT molecular complexity index is 218. The highest BCUT2D eigenvalue weighted by Gasteiger charge is 2.00. The SMILES string of the molecule is CCc1ncc(C(C)O)cn1. The molecule has 0 saturated heterocycles. The van der Waals surface area contributed by atoms with Crippen LogP contribution in [0.15, 0.2) is 12.4 Å². The molecule has 0 saturated carbocycles. The van der Waals surface area contributed by atoms with E-state index in [0.717, 1.165) is 17.8 Å². The minimum atomic E-state index is -0.471. The van der Waals surface area contributed by atoms with Crippen LogP contribution in [0.4, 0.5) is 0 Å². The number of nitrogens with zero attached hydrogens (tertiary/aromatic N) is 2. The van der Waals surface area contributed by atoms with Crippen molar-refractivity contribution in [3.8, 4) is 0 Å². The van der Waals surface area contributed by atoms with Crippen molar-refractivity contribution >= 4 is 0 Å². The van der Waals surface area contributed by atoms with Crippen LogP contribution in [0.3, 0.4) is 0 Å². The maximum Gasteiger partial charge on any atom is 0.127 e. The number of rotatable bonds is 2. The molecule has 0 aliphatic heterocycles. The van der Waals surface area contributed by atoms with Crippen LogP contribution in [-0.4, -0.2) is 15.1 Å². The van der Waals surface area contributed by atoms with Crippen LogP contribution in [0.25, 0.3) is 0 Å². The lowest BCUT2D eigenvalue weighted by molar-refractivity contribution is 0.198. The van der Waals surface area contributed by atoms with Gasteiger partial charge in [-0.3, -0.25) is 0 Å². The fraction of sp³-hybridized carbons (Fsp3) is 0.500. The second-order valence-corrected chi connectivity index (χ2v) is 2.46. The van der Waals surface area contributed by atoms with Crippen molar-refractivity contribution in [3.63, 3.8) is 0 Å². The van der Waals surface area contributed by atoms with Crippen LogP contribution in [0, 0.1) is 0 Å². The van der Waals surface area contributed by atoms with Crippen LogP contribution in [0.2, 0.25) is 0 Å². The predicted octanol–water partition coefficient (Wildman–Crippen LogP) is 1.09. The first kappa shape index (κ1) is 8.14. The van der Waals surface area contributed by atoms with E-state index < -0.39 is 6.10 Å². The quantitative estimate of drug-likeness (QED) is 0.690. The van der Waals surface area contributed by atoms with Crippen molar-refractivity contribution in [1.82, 2.24) is 9.97 Å². The third-order valence-electron chi connectivity index (χ3n) is 1.52. The third kappa shape index (κ3) is 1.98. The third-order valence-corrected chi connectivity index (χ3v) is 1.52. The van der Waals surface area contributed by atoms with Gasteiger partial charge in [-0.15, -0.1) is 0 Å². The van der Waals surface area contributed by atoms with Gasteiger partial charge in [-0.05, 0) is 6.92 Å². The molecular weight excluding hydrogens is 140 g/mol. The van der Waals surface area contributed by atoms with Crippen LogP contribution >= 0.6 is 0 Å². The molecule has 0 radical (unpaired) electrons. The average molecular weight is 152 g/mol. The van der Waals surface area contributed by atoms with Gasteiger partial charge in [0.2, 0.25) is 0 Å². The second kappa shape index (κ2) is 3.44. The summed E-state index contributed by atoms with van der Waals surface area (Å²) < 4.78 is 0. The van der Waals surface area contributed by atoms with Crippen LogP contribution in [0.5, 0.6) is 0 Å². The summed E-state index contributed by atoms with van der Waals surface area (Å²) >= 11 is 0. The molecule has 1 heterocycles. The van der Waals surface area contributed by atoms with Gasteiger partial charge in [0.1, 0.15) is 5.82 Å². The lowest BCUT2D eigenvalue weighted by atomic mass is 10.2. The van der Waals surface area contributed by atoms with E-state index in [1.54, 1.807) is 19.3 Å². The van der Waals surface area contributed by atoms with Crippen molar-refractivity contribution in [2.45, 2.75) is 26.4 Å². The number of hydrogen-bond donors (Lipinski definition) is 1. The summed E-state index contributed by atoms with van der Waals surface area (Å²) in [5.41, 5.74) is 0.766. The van der Waals surface area contributed by atoms with E-state index in [2.05, 4.69) is 9.97 Å². The van der Waals surface area contributed by atoms with Gasteiger partial charge >= 0.3 is 0 Å². The molecule has 1 unspecified atom stereocenters. The molecule has 0 bridgehead atoms. The summed E-state index contributed by atoms with van der Waals surface area (Å²) in [7, 11) is 0. The summed E-state index contributed by atoms with van der Waals surface area (Å²) in [4.78, 5) is 8.09. The molecule has 0 aliphatic carbocycles. The summed E-state index contributed by atoms with van der Waals surface area (Å²) in [6, 6.07) is 0.